The van der Waals surface area contributed by atoms with Crippen molar-refractivity contribution in [3.05, 3.63) is 29.8 Å². The molecule has 0 aliphatic carbocycles. The summed E-state index contributed by atoms with van der Waals surface area (Å²) in [4.78, 5) is 12.9. The van der Waals surface area contributed by atoms with E-state index in [-0.39, 0.29) is 5.78 Å². The molecule has 106 valence electrons. The van der Waals surface area contributed by atoms with E-state index >= 15 is 0 Å². The van der Waals surface area contributed by atoms with E-state index in [2.05, 4.69) is 19.4 Å². The number of ketones is 1. The topological polar surface area (TPSA) is 47.3 Å². The van der Waals surface area contributed by atoms with Crippen LogP contribution in [0.2, 0.25) is 0 Å². The molecule has 0 fully saturated rings. The maximum Gasteiger partial charge on any atom is 0.162 e. The van der Waals surface area contributed by atoms with Gasteiger partial charge in [-0.3, -0.25) is 4.79 Å². The number of carbonyl (C=O) groups excluding carboxylic acids is 1. The van der Waals surface area contributed by atoms with Crippen LogP contribution in [0.4, 0.5) is 0 Å². The molecule has 0 atom stereocenters. The zero-order valence-electron chi connectivity index (χ0n) is 12.2. The van der Waals surface area contributed by atoms with Crippen molar-refractivity contribution in [2.75, 3.05) is 40.3 Å². The number of carbonyl (C=O) groups is 1. The van der Waals surface area contributed by atoms with Crippen LogP contribution in [0.25, 0.3) is 0 Å². The van der Waals surface area contributed by atoms with Gasteiger partial charge in [0.15, 0.2) is 5.78 Å². The molecule has 3 N–H and O–H groups in total. The average molecular weight is 266 g/mol. The molecule has 4 nitrogen and oxygen atoms in total. The third-order valence-electron chi connectivity index (χ3n) is 2.94. The Labute approximate surface area is 115 Å². The van der Waals surface area contributed by atoms with Crippen molar-refractivity contribution in [2.24, 2.45) is 0 Å². The molecule has 0 saturated heterocycles. The summed E-state index contributed by atoms with van der Waals surface area (Å²) in [6, 6.07) is 7.40. The third kappa shape index (κ3) is 6.36. The van der Waals surface area contributed by atoms with Gasteiger partial charge in [-0.1, -0.05) is 6.92 Å². The minimum absolute atomic E-state index is 0.172. The molecule has 0 unspecified atom stereocenters. The smallest absolute Gasteiger partial charge is 0.162 e. The number of ether oxygens (including phenoxy) is 1. The third-order valence-corrected chi connectivity index (χ3v) is 2.94. The predicted molar refractivity (Wildman–Crippen MR) is 75.9 cm³/mol. The van der Waals surface area contributed by atoms with Gasteiger partial charge in [0, 0.05) is 12.0 Å². The van der Waals surface area contributed by atoms with Gasteiger partial charge in [-0.25, -0.2) is 0 Å². The van der Waals surface area contributed by atoms with E-state index in [4.69, 9.17) is 4.74 Å². The van der Waals surface area contributed by atoms with Crippen molar-refractivity contribution >= 4 is 5.78 Å². The van der Waals surface area contributed by atoms with Crippen LogP contribution < -0.4 is 15.0 Å². The minimum atomic E-state index is 0.172. The van der Waals surface area contributed by atoms with Crippen LogP contribution in [0.5, 0.6) is 5.75 Å². The molecule has 0 saturated carbocycles. The van der Waals surface area contributed by atoms with Crippen LogP contribution in [0.3, 0.4) is 0 Å². The molecule has 0 radical (unpaired) electrons. The zero-order chi connectivity index (χ0) is 14.1. The van der Waals surface area contributed by atoms with Gasteiger partial charge in [-0.05, 0) is 24.3 Å². The van der Waals surface area contributed by atoms with Crippen LogP contribution in [0.15, 0.2) is 24.3 Å². The van der Waals surface area contributed by atoms with E-state index in [1.54, 1.807) is 0 Å². The lowest BCUT2D eigenvalue weighted by Crippen LogP contribution is -3.09. The summed E-state index contributed by atoms with van der Waals surface area (Å²) < 4.78 is 5.63. The fourth-order valence-electron chi connectivity index (χ4n) is 1.74. The molecular weight excluding hydrogens is 240 g/mol. The van der Waals surface area contributed by atoms with E-state index in [1.807, 2.05) is 31.2 Å². The Hall–Kier alpha value is -1.39. The highest BCUT2D eigenvalue weighted by molar-refractivity contribution is 5.95. The lowest BCUT2D eigenvalue weighted by Gasteiger charge is -2.08. The number of hydrogen-bond donors (Lipinski definition) is 2. The quantitative estimate of drug-likeness (QED) is 0.462. The first kappa shape index (κ1) is 15.7. The van der Waals surface area contributed by atoms with Gasteiger partial charge in [-0.2, -0.15) is 0 Å². The zero-order valence-corrected chi connectivity index (χ0v) is 12.2. The summed E-state index contributed by atoms with van der Waals surface area (Å²) in [5.74, 6) is 1.00. The SMILES string of the molecule is CCC(=O)c1ccc(OCC[NH2+]CC[NH+](C)C)cc1. The minimum Gasteiger partial charge on any atom is -0.488 e. The first-order chi connectivity index (χ1) is 9.13. The molecular formula is C15H26N2O2+2. The molecule has 0 aliphatic heterocycles. The average Bonchev–Trinajstić information content (AvgIpc) is 2.42. The highest BCUT2D eigenvalue weighted by Gasteiger charge is 2.03. The monoisotopic (exact) mass is 266 g/mol. The molecule has 1 aromatic carbocycles. The number of Topliss-reactive ketones (excluding diaryl/α,β-unsaturated/α-hetero) is 1. The first-order valence-corrected chi connectivity index (χ1v) is 7.00. The lowest BCUT2D eigenvalue weighted by molar-refractivity contribution is -0.874. The van der Waals surface area contributed by atoms with Crippen molar-refractivity contribution in [3.63, 3.8) is 0 Å². The van der Waals surface area contributed by atoms with E-state index < -0.39 is 0 Å². The Balaban J connectivity index is 2.21. The Morgan fingerprint density at radius 2 is 1.89 bits per heavy atom. The van der Waals surface area contributed by atoms with Crippen molar-refractivity contribution in [1.82, 2.24) is 0 Å². The van der Waals surface area contributed by atoms with Gasteiger partial charge in [0.25, 0.3) is 0 Å². The number of nitrogens with two attached hydrogens (primary N) is 1. The highest BCUT2D eigenvalue weighted by Crippen LogP contribution is 2.12. The lowest BCUT2D eigenvalue weighted by atomic mass is 10.1. The van der Waals surface area contributed by atoms with Crippen LogP contribution in [0.1, 0.15) is 23.7 Å². The van der Waals surface area contributed by atoms with E-state index in [9.17, 15) is 4.79 Å². The normalized spacial score (nSPS) is 10.7. The Morgan fingerprint density at radius 3 is 2.47 bits per heavy atom. The summed E-state index contributed by atoms with van der Waals surface area (Å²) in [5.41, 5.74) is 0.760. The summed E-state index contributed by atoms with van der Waals surface area (Å²) in [6.45, 7) is 5.81. The number of likely N-dealkylation sites (N-methyl/N-ethyl adjacent to an activating group) is 1. The van der Waals surface area contributed by atoms with Gasteiger partial charge < -0.3 is 15.0 Å². The number of quaternary nitrogens is 2. The Kier molecular flexibility index (Phi) is 7.15. The van der Waals surface area contributed by atoms with Gasteiger partial charge in [0.1, 0.15) is 32.0 Å². The molecule has 0 amide bonds. The second-order valence-electron chi connectivity index (χ2n) is 4.97. The maximum absolute atomic E-state index is 11.5. The van der Waals surface area contributed by atoms with Crippen molar-refractivity contribution in [2.45, 2.75) is 13.3 Å². The molecule has 0 bridgehead atoms. The molecule has 0 aliphatic rings. The Bertz CT molecular complexity index is 374. The molecule has 1 rings (SSSR count). The summed E-state index contributed by atoms with van der Waals surface area (Å²) >= 11 is 0. The largest absolute Gasteiger partial charge is 0.488 e. The highest BCUT2D eigenvalue weighted by atomic mass is 16.5. The van der Waals surface area contributed by atoms with E-state index in [0.717, 1.165) is 30.9 Å². The molecule has 0 heterocycles. The number of nitrogens with one attached hydrogen (secondary N) is 1. The number of hydrogen-bond acceptors (Lipinski definition) is 2. The fourth-order valence-corrected chi connectivity index (χ4v) is 1.74. The Morgan fingerprint density at radius 1 is 1.21 bits per heavy atom. The van der Waals surface area contributed by atoms with Crippen molar-refractivity contribution in [3.8, 4) is 5.75 Å². The van der Waals surface area contributed by atoms with Crippen LogP contribution in [-0.4, -0.2) is 46.1 Å². The molecule has 4 heteroatoms. The van der Waals surface area contributed by atoms with Crippen LogP contribution in [0, 0.1) is 0 Å². The standard InChI is InChI=1S/C15H24N2O2/c1-4-15(18)13-5-7-14(8-6-13)19-12-10-16-9-11-17(2)3/h5-8,16H,4,9-12H2,1-3H3/p+2. The van der Waals surface area contributed by atoms with Crippen molar-refractivity contribution < 1.29 is 19.7 Å². The molecule has 19 heavy (non-hydrogen) atoms. The van der Waals surface area contributed by atoms with Gasteiger partial charge in [0.05, 0.1) is 14.1 Å². The maximum atomic E-state index is 11.5. The molecule has 0 aromatic heterocycles. The predicted octanol–water partition coefficient (Wildman–Crippen LogP) is -0.634. The van der Waals surface area contributed by atoms with Crippen LogP contribution in [-0.2, 0) is 0 Å². The van der Waals surface area contributed by atoms with Crippen molar-refractivity contribution in [1.29, 1.82) is 0 Å². The first-order valence-electron chi connectivity index (χ1n) is 7.00. The number of benzene rings is 1. The summed E-state index contributed by atoms with van der Waals surface area (Å²) in [6.07, 6.45) is 0.545. The molecule has 0 spiro atoms. The second kappa shape index (κ2) is 8.67. The summed E-state index contributed by atoms with van der Waals surface area (Å²) in [7, 11) is 4.31. The van der Waals surface area contributed by atoms with E-state index in [0.29, 0.717) is 13.0 Å². The second-order valence-corrected chi connectivity index (χ2v) is 4.97. The fraction of sp³-hybridized carbons (Fsp3) is 0.533. The van der Waals surface area contributed by atoms with Gasteiger partial charge in [-0.15, -0.1) is 0 Å². The van der Waals surface area contributed by atoms with Gasteiger partial charge in [0.2, 0.25) is 0 Å². The van der Waals surface area contributed by atoms with Crippen LogP contribution >= 0.6 is 0 Å². The molecule has 1 aromatic rings. The van der Waals surface area contributed by atoms with E-state index in [1.165, 1.54) is 4.90 Å². The summed E-state index contributed by atoms with van der Waals surface area (Å²) in [5, 5.41) is 2.27. The van der Waals surface area contributed by atoms with Gasteiger partial charge >= 0.3 is 0 Å². The number of rotatable bonds is 9.